The molecule has 1 aromatic carbocycles. The lowest BCUT2D eigenvalue weighted by Crippen LogP contribution is -2.07. The Morgan fingerprint density at radius 3 is 2.67 bits per heavy atom. The molecule has 0 aliphatic heterocycles. The second-order valence-electron chi connectivity index (χ2n) is 5.18. The Kier molecular flexibility index (Phi) is 6.32. The van der Waals surface area contributed by atoms with Gasteiger partial charge in [-0.05, 0) is 37.1 Å². The number of rotatable bonds is 7. The van der Waals surface area contributed by atoms with Gasteiger partial charge in [0.25, 0.3) is 0 Å². The number of esters is 1. The lowest BCUT2D eigenvalue weighted by atomic mass is 10.0. The summed E-state index contributed by atoms with van der Waals surface area (Å²) in [6.45, 7) is 2.05. The van der Waals surface area contributed by atoms with Gasteiger partial charge in [0.2, 0.25) is 0 Å². The average Bonchev–Trinajstić information content (AvgIpc) is 2.55. The summed E-state index contributed by atoms with van der Waals surface area (Å²) in [4.78, 5) is 27.4. The van der Waals surface area contributed by atoms with Gasteiger partial charge in [-0.3, -0.25) is 9.59 Å². The van der Waals surface area contributed by atoms with Crippen LogP contribution in [0.3, 0.4) is 0 Å². The van der Waals surface area contributed by atoms with Crippen molar-refractivity contribution in [3.05, 3.63) is 47.2 Å². The fraction of sp³-hybridized carbons (Fsp3) is 0.278. The molecule has 2 rings (SSSR count). The second kappa shape index (κ2) is 8.45. The molecule has 0 spiro atoms. The summed E-state index contributed by atoms with van der Waals surface area (Å²) >= 11 is 5.95. The number of Topliss-reactive ketones (excluding diaryl/α,β-unsaturated/α-hetero) is 1. The van der Waals surface area contributed by atoms with Gasteiger partial charge in [0.1, 0.15) is 11.4 Å². The smallest absolute Gasteiger partial charge is 0.305 e. The van der Waals surface area contributed by atoms with Gasteiger partial charge in [-0.25, -0.2) is 4.98 Å². The second-order valence-corrected chi connectivity index (χ2v) is 5.62. The summed E-state index contributed by atoms with van der Waals surface area (Å²) in [6.07, 6.45) is 2.16. The van der Waals surface area contributed by atoms with Crippen LogP contribution in [0.2, 0.25) is 5.02 Å². The van der Waals surface area contributed by atoms with Crippen molar-refractivity contribution in [3.8, 4) is 16.9 Å². The fourth-order valence-corrected chi connectivity index (χ4v) is 2.43. The lowest BCUT2D eigenvalue weighted by Gasteiger charge is -2.07. The maximum atomic E-state index is 12.1. The zero-order valence-corrected chi connectivity index (χ0v) is 14.0. The van der Waals surface area contributed by atoms with Gasteiger partial charge < -0.3 is 9.84 Å². The van der Waals surface area contributed by atoms with E-state index in [4.69, 9.17) is 16.3 Å². The van der Waals surface area contributed by atoms with E-state index in [1.54, 1.807) is 25.1 Å². The van der Waals surface area contributed by atoms with E-state index >= 15 is 0 Å². The quantitative estimate of drug-likeness (QED) is 0.604. The van der Waals surface area contributed by atoms with Gasteiger partial charge in [-0.2, -0.15) is 0 Å². The Labute approximate surface area is 145 Å². The van der Waals surface area contributed by atoms with Gasteiger partial charge in [0, 0.05) is 29.6 Å². The highest BCUT2D eigenvalue weighted by atomic mass is 35.5. The van der Waals surface area contributed by atoms with Crippen molar-refractivity contribution in [2.75, 3.05) is 6.61 Å². The van der Waals surface area contributed by atoms with Crippen LogP contribution >= 0.6 is 11.6 Å². The van der Waals surface area contributed by atoms with Crippen LogP contribution in [0.5, 0.6) is 5.75 Å². The molecule has 0 fully saturated rings. The molecule has 0 saturated carbocycles. The largest absolute Gasteiger partial charge is 0.506 e. The van der Waals surface area contributed by atoms with Crippen molar-refractivity contribution in [2.24, 2.45) is 0 Å². The number of hydrogen-bond donors (Lipinski definition) is 1. The first-order valence-electron chi connectivity index (χ1n) is 7.65. The summed E-state index contributed by atoms with van der Waals surface area (Å²) in [5.41, 5.74) is 1.47. The van der Waals surface area contributed by atoms with E-state index in [-0.39, 0.29) is 36.0 Å². The minimum absolute atomic E-state index is 0.00429. The number of ketones is 1. The number of halogens is 1. The number of benzene rings is 1. The lowest BCUT2D eigenvalue weighted by molar-refractivity contribution is -0.143. The van der Waals surface area contributed by atoms with Crippen molar-refractivity contribution in [2.45, 2.75) is 26.2 Å². The van der Waals surface area contributed by atoms with Crippen LogP contribution in [0.15, 0.2) is 36.5 Å². The molecule has 0 radical (unpaired) electrons. The summed E-state index contributed by atoms with van der Waals surface area (Å²) < 4.78 is 4.80. The molecule has 0 saturated heterocycles. The number of pyridine rings is 1. The standard InChI is InChI=1S/C18H18ClNO4/c1-2-24-17(23)8-4-7-15(21)18-16(22)10-13(11-20-18)12-5-3-6-14(19)9-12/h3,5-6,9-11,22H,2,4,7-8H2,1H3. The number of carbonyl (C=O) groups excluding carboxylic acids is 2. The van der Waals surface area contributed by atoms with E-state index in [1.165, 1.54) is 12.3 Å². The normalized spacial score (nSPS) is 10.4. The minimum atomic E-state index is -0.334. The van der Waals surface area contributed by atoms with Gasteiger partial charge in [0.15, 0.2) is 5.78 Å². The van der Waals surface area contributed by atoms with E-state index in [9.17, 15) is 14.7 Å². The molecule has 1 N–H and O–H groups in total. The first-order valence-corrected chi connectivity index (χ1v) is 8.03. The molecule has 0 bridgehead atoms. The van der Waals surface area contributed by atoms with Crippen molar-refractivity contribution in [3.63, 3.8) is 0 Å². The van der Waals surface area contributed by atoms with Crippen molar-refractivity contribution >= 4 is 23.4 Å². The van der Waals surface area contributed by atoms with Crippen LogP contribution in [0.25, 0.3) is 11.1 Å². The summed E-state index contributed by atoms with van der Waals surface area (Å²) in [7, 11) is 0. The molecule has 2 aromatic rings. The average molecular weight is 348 g/mol. The van der Waals surface area contributed by atoms with E-state index in [1.807, 2.05) is 6.07 Å². The molecule has 0 amide bonds. The van der Waals surface area contributed by atoms with Crippen molar-refractivity contribution < 1.29 is 19.4 Å². The molecule has 24 heavy (non-hydrogen) atoms. The highest BCUT2D eigenvalue weighted by Gasteiger charge is 2.15. The molecular formula is C18H18ClNO4. The zero-order valence-electron chi connectivity index (χ0n) is 13.3. The highest BCUT2D eigenvalue weighted by molar-refractivity contribution is 6.30. The van der Waals surface area contributed by atoms with Crippen molar-refractivity contribution in [1.82, 2.24) is 4.98 Å². The molecule has 126 valence electrons. The van der Waals surface area contributed by atoms with Crippen LogP contribution in [-0.2, 0) is 9.53 Å². The first-order chi connectivity index (χ1) is 11.5. The van der Waals surface area contributed by atoms with E-state index < -0.39 is 0 Å². The maximum absolute atomic E-state index is 12.1. The Morgan fingerprint density at radius 2 is 2.00 bits per heavy atom. The molecule has 5 nitrogen and oxygen atoms in total. The van der Waals surface area contributed by atoms with Gasteiger partial charge in [-0.15, -0.1) is 0 Å². The Bertz CT molecular complexity index is 746. The number of hydrogen-bond acceptors (Lipinski definition) is 5. The minimum Gasteiger partial charge on any atom is -0.506 e. The number of carbonyl (C=O) groups is 2. The third-order valence-corrected chi connectivity index (χ3v) is 3.61. The third-order valence-electron chi connectivity index (χ3n) is 3.38. The van der Waals surface area contributed by atoms with Gasteiger partial charge in [-0.1, -0.05) is 23.7 Å². The topological polar surface area (TPSA) is 76.5 Å². The maximum Gasteiger partial charge on any atom is 0.305 e. The SMILES string of the molecule is CCOC(=O)CCCC(=O)c1ncc(-c2cccc(Cl)c2)cc1O. The molecule has 0 atom stereocenters. The first kappa shape index (κ1) is 17.9. The molecule has 0 unspecified atom stereocenters. The van der Waals surface area contributed by atoms with Crippen LogP contribution in [0.1, 0.15) is 36.7 Å². The third kappa shape index (κ3) is 4.80. The predicted molar refractivity (Wildman–Crippen MR) is 91.2 cm³/mol. The number of aromatic nitrogens is 1. The molecule has 0 aliphatic rings. The van der Waals surface area contributed by atoms with Gasteiger partial charge >= 0.3 is 5.97 Å². The Balaban J connectivity index is 2.04. The van der Waals surface area contributed by atoms with E-state index in [0.29, 0.717) is 23.6 Å². The van der Waals surface area contributed by atoms with Crippen LogP contribution in [0.4, 0.5) is 0 Å². The van der Waals surface area contributed by atoms with E-state index in [2.05, 4.69) is 4.98 Å². The Morgan fingerprint density at radius 1 is 1.21 bits per heavy atom. The molecule has 1 heterocycles. The fourth-order valence-electron chi connectivity index (χ4n) is 2.24. The number of ether oxygens (including phenoxy) is 1. The number of aromatic hydroxyl groups is 1. The van der Waals surface area contributed by atoms with Crippen LogP contribution < -0.4 is 0 Å². The van der Waals surface area contributed by atoms with Gasteiger partial charge in [0.05, 0.1) is 6.61 Å². The summed E-state index contributed by atoms with van der Waals surface area (Å²) in [6, 6.07) is 8.61. The molecule has 6 heteroatoms. The van der Waals surface area contributed by atoms with Crippen LogP contribution in [-0.4, -0.2) is 28.4 Å². The molecular weight excluding hydrogens is 330 g/mol. The zero-order chi connectivity index (χ0) is 17.5. The summed E-state index contributed by atoms with van der Waals surface area (Å²) in [5.74, 6) is -0.832. The number of nitrogens with zero attached hydrogens (tertiary/aromatic N) is 1. The highest BCUT2D eigenvalue weighted by Crippen LogP contribution is 2.27. The van der Waals surface area contributed by atoms with E-state index in [0.717, 1.165) is 5.56 Å². The van der Waals surface area contributed by atoms with Crippen molar-refractivity contribution in [1.29, 1.82) is 0 Å². The summed E-state index contributed by atoms with van der Waals surface area (Å²) in [5, 5.41) is 10.7. The monoisotopic (exact) mass is 347 g/mol. The van der Waals surface area contributed by atoms with Crippen LogP contribution in [0, 0.1) is 0 Å². The Hall–Kier alpha value is -2.40. The predicted octanol–water partition coefficient (Wildman–Crippen LogP) is 4.02. The molecule has 1 aromatic heterocycles. The molecule has 0 aliphatic carbocycles.